The van der Waals surface area contributed by atoms with Crippen LogP contribution in [0, 0.1) is 6.42 Å². The highest BCUT2D eigenvalue weighted by atomic mass is 14.5. The molecule has 85 valence electrons. The van der Waals surface area contributed by atoms with Crippen molar-refractivity contribution in [2.45, 2.75) is 19.4 Å². The third-order valence-corrected chi connectivity index (χ3v) is 3.44. The molecular weight excluding hydrogens is 206 g/mol. The van der Waals surface area contributed by atoms with Crippen LogP contribution in [0.1, 0.15) is 23.1 Å². The smallest absolute Gasteiger partial charge is 0.0178 e. The lowest BCUT2D eigenvalue weighted by Gasteiger charge is -2.06. The first-order valence-electron chi connectivity index (χ1n) is 6.12. The second-order valence-corrected chi connectivity index (χ2v) is 4.56. The summed E-state index contributed by atoms with van der Waals surface area (Å²) in [5, 5.41) is 0. The van der Waals surface area contributed by atoms with Gasteiger partial charge in [0, 0.05) is 6.54 Å². The molecule has 17 heavy (non-hydrogen) atoms. The van der Waals surface area contributed by atoms with Gasteiger partial charge in [-0.05, 0) is 47.1 Å². The molecule has 0 unspecified atom stereocenters. The number of benzene rings is 2. The zero-order valence-electron chi connectivity index (χ0n) is 9.82. The summed E-state index contributed by atoms with van der Waals surface area (Å²) in [4.78, 5) is 0. The van der Waals surface area contributed by atoms with Gasteiger partial charge >= 0.3 is 0 Å². The van der Waals surface area contributed by atoms with Gasteiger partial charge < -0.3 is 5.73 Å². The van der Waals surface area contributed by atoms with Crippen LogP contribution in [0.2, 0.25) is 0 Å². The summed E-state index contributed by atoms with van der Waals surface area (Å²) in [7, 11) is 0. The highest BCUT2D eigenvalue weighted by Gasteiger charge is 2.11. The highest BCUT2D eigenvalue weighted by Crippen LogP contribution is 2.29. The molecule has 0 saturated heterocycles. The molecule has 2 aromatic rings. The molecule has 0 fully saturated rings. The molecule has 1 aliphatic rings. The van der Waals surface area contributed by atoms with E-state index >= 15 is 0 Å². The van der Waals surface area contributed by atoms with E-state index in [1.807, 2.05) is 0 Å². The quantitative estimate of drug-likeness (QED) is 0.828. The first-order chi connectivity index (χ1) is 8.36. The largest absolute Gasteiger partial charge is 0.326 e. The monoisotopic (exact) mass is 222 g/mol. The fourth-order valence-corrected chi connectivity index (χ4v) is 2.42. The van der Waals surface area contributed by atoms with E-state index in [0.29, 0.717) is 6.54 Å². The van der Waals surface area contributed by atoms with E-state index in [0.717, 1.165) is 0 Å². The molecule has 0 saturated carbocycles. The van der Waals surface area contributed by atoms with Gasteiger partial charge in [-0.3, -0.25) is 0 Å². The number of aryl methyl sites for hydroxylation is 1. The van der Waals surface area contributed by atoms with Gasteiger partial charge in [0.25, 0.3) is 0 Å². The van der Waals surface area contributed by atoms with E-state index in [4.69, 9.17) is 5.73 Å². The molecule has 3 rings (SSSR count). The molecule has 0 amide bonds. The maximum Gasteiger partial charge on any atom is 0.0178 e. The molecule has 0 aliphatic heterocycles. The third-order valence-electron chi connectivity index (χ3n) is 3.44. The van der Waals surface area contributed by atoms with Crippen LogP contribution < -0.4 is 5.73 Å². The van der Waals surface area contributed by atoms with Crippen molar-refractivity contribution in [3.63, 3.8) is 0 Å². The summed E-state index contributed by atoms with van der Waals surface area (Å²) in [6, 6.07) is 15.3. The Morgan fingerprint density at radius 3 is 2.47 bits per heavy atom. The van der Waals surface area contributed by atoms with Crippen molar-refractivity contribution in [2.75, 3.05) is 0 Å². The molecule has 2 aromatic carbocycles. The van der Waals surface area contributed by atoms with Crippen molar-refractivity contribution < 1.29 is 0 Å². The van der Waals surface area contributed by atoms with E-state index in [2.05, 4.69) is 48.9 Å². The molecule has 1 nitrogen and oxygen atoms in total. The van der Waals surface area contributed by atoms with Gasteiger partial charge in [0.05, 0.1) is 0 Å². The topological polar surface area (TPSA) is 26.0 Å². The highest BCUT2D eigenvalue weighted by molar-refractivity contribution is 5.66. The standard InChI is InChI=1S/C16H16N/c17-11-12-4-6-14(7-5-12)16-9-8-13-2-1-3-15(13)10-16/h2,4-10H,1,3,11,17H2. The average molecular weight is 222 g/mol. The summed E-state index contributed by atoms with van der Waals surface area (Å²) in [5.41, 5.74) is 12.3. The van der Waals surface area contributed by atoms with Crippen LogP contribution in [0.5, 0.6) is 0 Å². The van der Waals surface area contributed by atoms with Gasteiger partial charge in [0.2, 0.25) is 0 Å². The number of hydrogen-bond acceptors (Lipinski definition) is 1. The first kappa shape index (κ1) is 10.5. The fraction of sp³-hybridized carbons (Fsp3) is 0.188. The van der Waals surface area contributed by atoms with E-state index < -0.39 is 0 Å². The van der Waals surface area contributed by atoms with Gasteiger partial charge in [-0.2, -0.15) is 0 Å². The van der Waals surface area contributed by atoms with E-state index in [9.17, 15) is 0 Å². The van der Waals surface area contributed by atoms with Crippen LogP contribution in [-0.4, -0.2) is 0 Å². The molecule has 0 bridgehead atoms. The van der Waals surface area contributed by atoms with Crippen molar-refractivity contribution in [3.8, 4) is 11.1 Å². The minimum absolute atomic E-state index is 0.611. The minimum atomic E-state index is 0.611. The zero-order chi connectivity index (χ0) is 11.7. The van der Waals surface area contributed by atoms with Gasteiger partial charge in [0.15, 0.2) is 0 Å². The predicted octanol–water partition coefficient (Wildman–Crippen LogP) is 3.31. The minimum Gasteiger partial charge on any atom is -0.326 e. The summed E-state index contributed by atoms with van der Waals surface area (Å²) in [5.74, 6) is 0. The van der Waals surface area contributed by atoms with Gasteiger partial charge in [-0.1, -0.05) is 42.5 Å². The van der Waals surface area contributed by atoms with Crippen molar-refractivity contribution >= 4 is 0 Å². The van der Waals surface area contributed by atoms with E-state index in [1.165, 1.54) is 40.7 Å². The Bertz CT molecular complexity index is 526. The Morgan fingerprint density at radius 1 is 0.941 bits per heavy atom. The Hall–Kier alpha value is -1.60. The average Bonchev–Trinajstić information content (AvgIpc) is 2.86. The molecular formula is C16H16N. The van der Waals surface area contributed by atoms with Crippen LogP contribution >= 0.6 is 0 Å². The number of nitrogens with two attached hydrogens (primary N) is 1. The zero-order valence-corrected chi connectivity index (χ0v) is 9.82. The van der Waals surface area contributed by atoms with Crippen LogP contribution in [0.4, 0.5) is 0 Å². The summed E-state index contributed by atoms with van der Waals surface area (Å²) < 4.78 is 0. The SMILES string of the molecule is NCc1ccc(-c2ccc3c(c2)CC[CH]3)cc1. The number of hydrogen-bond donors (Lipinski definition) is 1. The Kier molecular flexibility index (Phi) is 2.69. The fourth-order valence-electron chi connectivity index (χ4n) is 2.42. The number of fused-ring (bicyclic) bond motifs is 1. The first-order valence-corrected chi connectivity index (χ1v) is 6.12. The summed E-state index contributed by atoms with van der Waals surface area (Å²) >= 11 is 0. The third kappa shape index (κ3) is 1.98. The van der Waals surface area contributed by atoms with Gasteiger partial charge in [-0.25, -0.2) is 0 Å². The second-order valence-electron chi connectivity index (χ2n) is 4.56. The van der Waals surface area contributed by atoms with E-state index in [1.54, 1.807) is 0 Å². The summed E-state index contributed by atoms with van der Waals surface area (Å²) in [6.07, 6.45) is 4.69. The Balaban J connectivity index is 1.97. The summed E-state index contributed by atoms with van der Waals surface area (Å²) in [6.45, 7) is 0.611. The molecule has 1 radical (unpaired) electrons. The lowest BCUT2D eigenvalue weighted by atomic mass is 10.00. The maximum atomic E-state index is 5.61. The van der Waals surface area contributed by atoms with Crippen LogP contribution in [0.3, 0.4) is 0 Å². The molecule has 0 atom stereocenters. The van der Waals surface area contributed by atoms with Crippen molar-refractivity contribution in [3.05, 3.63) is 65.6 Å². The van der Waals surface area contributed by atoms with Crippen LogP contribution in [0.25, 0.3) is 11.1 Å². The molecule has 0 spiro atoms. The predicted molar refractivity (Wildman–Crippen MR) is 71.5 cm³/mol. The lowest BCUT2D eigenvalue weighted by Crippen LogP contribution is -1.95. The lowest BCUT2D eigenvalue weighted by molar-refractivity contribution is 1.03. The normalized spacial score (nSPS) is 13.7. The van der Waals surface area contributed by atoms with Crippen LogP contribution in [0.15, 0.2) is 42.5 Å². The molecule has 0 aromatic heterocycles. The maximum absolute atomic E-state index is 5.61. The second kappa shape index (κ2) is 4.34. The molecule has 1 aliphatic carbocycles. The van der Waals surface area contributed by atoms with Crippen LogP contribution in [-0.2, 0) is 13.0 Å². The molecule has 1 heteroatoms. The van der Waals surface area contributed by atoms with Crippen molar-refractivity contribution in [1.29, 1.82) is 0 Å². The van der Waals surface area contributed by atoms with Gasteiger partial charge in [0.1, 0.15) is 0 Å². The van der Waals surface area contributed by atoms with Crippen molar-refractivity contribution in [1.82, 2.24) is 0 Å². The molecule has 2 N–H and O–H groups in total. The van der Waals surface area contributed by atoms with Crippen molar-refractivity contribution in [2.24, 2.45) is 5.73 Å². The Labute approximate surface area is 102 Å². The van der Waals surface area contributed by atoms with E-state index in [-0.39, 0.29) is 0 Å². The molecule has 0 heterocycles. The number of rotatable bonds is 2. The Morgan fingerprint density at radius 2 is 1.71 bits per heavy atom. The van der Waals surface area contributed by atoms with Gasteiger partial charge in [-0.15, -0.1) is 0 Å².